The van der Waals surface area contributed by atoms with E-state index in [4.69, 9.17) is 28.3 Å². The van der Waals surface area contributed by atoms with Crippen molar-refractivity contribution in [2.24, 2.45) is 16.8 Å². The van der Waals surface area contributed by atoms with Gasteiger partial charge in [0, 0.05) is 30.5 Å². The fourth-order valence-electron chi connectivity index (χ4n) is 6.43. The number of aromatic nitrogens is 2. The normalized spacial score (nSPS) is 27.5. The number of rotatable bonds is 11. The maximum absolute atomic E-state index is 7.28. The van der Waals surface area contributed by atoms with Crippen molar-refractivity contribution in [3.05, 3.63) is 11.8 Å². The van der Waals surface area contributed by atoms with E-state index in [0.29, 0.717) is 30.4 Å². The molecule has 0 aliphatic carbocycles. The highest BCUT2D eigenvalue weighted by atomic mass is 28.4. The van der Waals surface area contributed by atoms with Crippen molar-refractivity contribution in [1.29, 1.82) is 0 Å². The summed E-state index contributed by atoms with van der Waals surface area (Å²) in [6, 6.07) is 6.28. The van der Waals surface area contributed by atoms with Gasteiger partial charge >= 0.3 is 6.01 Å². The molecule has 3 aliphatic rings. The minimum atomic E-state index is -2.20. The fraction of sp³-hybridized carbons (Fsp3) is 0.828. The van der Waals surface area contributed by atoms with Gasteiger partial charge in [-0.3, -0.25) is 4.99 Å². The maximum Gasteiger partial charge on any atom is 0.319 e. The zero-order valence-corrected chi connectivity index (χ0v) is 28.7. The zero-order valence-electron chi connectivity index (χ0n) is 26.7. The Hall–Kier alpha value is -1.70. The first kappa shape index (κ1) is 31.2. The average Bonchev–Trinajstić information content (AvgIpc) is 3.37. The predicted octanol–water partition coefficient (Wildman–Crippen LogP) is 5.62. The molecule has 226 valence electrons. The molecule has 0 spiro atoms. The van der Waals surface area contributed by atoms with E-state index in [0.717, 1.165) is 42.8 Å². The van der Waals surface area contributed by atoms with Crippen LogP contribution >= 0.6 is 0 Å². The maximum atomic E-state index is 7.28. The van der Waals surface area contributed by atoms with Gasteiger partial charge in [0.25, 0.3) is 0 Å². The lowest BCUT2D eigenvalue weighted by Gasteiger charge is -2.53. The monoisotopic (exact) mass is 591 g/mol. The third kappa shape index (κ3) is 5.80. The first-order valence-corrected chi connectivity index (χ1v) is 20.7. The summed E-state index contributed by atoms with van der Waals surface area (Å²) in [6.07, 6.45) is 0.916. The van der Waals surface area contributed by atoms with Crippen LogP contribution in [0.4, 0.5) is 0 Å². The molecule has 9 nitrogen and oxygen atoms in total. The van der Waals surface area contributed by atoms with E-state index in [1.54, 1.807) is 14.2 Å². The number of hydrogen-bond donors (Lipinski definition) is 1. The minimum absolute atomic E-state index is 0.0363. The molecule has 0 radical (unpaired) electrons. The highest BCUT2D eigenvalue weighted by molar-refractivity contribution is 6.74. The number of aliphatic imine (C=N–C) groups is 1. The van der Waals surface area contributed by atoms with Crippen LogP contribution < -0.4 is 14.8 Å². The van der Waals surface area contributed by atoms with Gasteiger partial charge in [-0.2, -0.15) is 9.97 Å². The summed E-state index contributed by atoms with van der Waals surface area (Å²) < 4.78 is 25.6. The van der Waals surface area contributed by atoms with E-state index in [9.17, 15) is 0 Å². The number of guanidine groups is 1. The molecule has 0 saturated carbocycles. The fourth-order valence-corrected chi connectivity index (χ4v) is 10.7. The van der Waals surface area contributed by atoms with E-state index < -0.39 is 16.6 Å². The van der Waals surface area contributed by atoms with Gasteiger partial charge in [-0.05, 0) is 42.7 Å². The van der Waals surface area contributed by atoms with Crippen LogP contribution in [0.25, 0.3) is 0 Å². The zero-order chi connectivity index (χ0) is 29.5. The summed E-state index contributed by atoms with van der Waals surface area (Å²) in [5.41, 5.74) is 0.802. The molecular weight excluding hydrogens is 539 g/mol. The van der Waals surface area contributed by atoms with Crippen molar-refractivity contribution >= 4 is 22.6 Å². The number of nitrogens with one attached hydrogen (secondary N) is 1. The Bertz CT molecular complexity index is 1030. The van der Waals surface area contributed by atoms with Gasteiger partial charge in [0.2, 0.25) is 5.88 Å². The van der Waals surface area contributed by atoms with Crippen molar-refractivity contribution in [3.8, 4) is 11.9 Å². The van der Waals surface area contributed by atoms with Gasteiger partial charge in [0.05, 0.1) is 44.7 Å². The van der Waals surface area contributed by atoms with Crippen LogP contribution in [0, 0.1) is 11.8 Å². The molecule has 1 aromatic heterocycles. The third-order valence-electron chi connectivity index (χ3n) is 10.4. The smallest absolute Gasteiger partial charge is 0.319 e. The number of nitrogens with zero attached hydrogens (tertiary/aromatic N) is 4. The number of hydrogen-bond acceptors (Lipinski definition) is 9. The molecule has 0 bridgehead atoms. The van der Waals surface area contributed by atoms with Gasteiger partial charge < -0.3 is 28.5 Å². The largest absolute Gasteiger partial charge is 0.481 e. The Kier molecular flexibility index (Phi) is 9.29. The van der Waals surface area contributed by atoms with Gasteiger partial charge in [-0.1, -0.05) is 48.5 Å². The standard InChI is InChI=1S/C29H53N5O4Si2/c1-12-40(13-2,14-3)37-24-16-22-20(17-30-27-31-18-23(19(24)4)34(22)27)26(38-39(10,11)29(5,6)7)21-15-25(35-8)33-28(32-21)36-9/h15,19-20,22-24,26H,12-14,16-18H2,1-11H3,(H,30,31)/t19-,20-,22-,23-,24+,26+/m1/s1. The van der Waals surface area contributed by atoms with Crippen LogP contribution in [0.2, 0.25) is 36.3 Å². The van der Waals surface area contributed by atoms with Crippen molar-refractivity contribution in [2.45, 2.75) is 115 Å². The molecule has 4 rings (SSSR count). The van der Waals surface area contributed by atoms with Gasteiger partial charge in [0.1, 0.15) is 0 Å². The van der Waals surface area contributed by atoms with Crippen molar-refractivity contribution in [1.82, 2.24) is 20.2 Å². The summed E-state index contributed by atoms with van der Waals surface area (Å²) in [5.74, 6) is 2.04. The predicted molar refractivity (Wildman–Crippen MR) is 165 cm³/mol. The number of methoxy groups -OCH3 is 2. The lowest BCUT2D eigenvalue weighted by molar-refractivity contribution is -0.0354. The van der Waals surface area contributed by atoms with Crippen LogP contribution in [0.3, 0.4) is 0 Å². The molecule has 1 aromatic rings. The Morgan fingerprint density at radius 2 is 1.73 bits per heavy atom. The van der Waals surface area contributed by atoms with Gasteiger partial charge in [-0.25, -0.2) is 0 Å². The Balaban J connectivity index is 1.78. The first-order valence-electron chi connectivity index (χ1n) is 15.2. The van der Waals surface area contributed by atoms with Crippen LogP contribution in [0.15, 0.2) is 11.1 Å². The van der Waals surface area contributed by atoms with E-state index in [-0.39, 0.29) is 29.2 Å². The number of piperidine rings is 1. The highest BCUT2D eigenvalue weighted by Crippen LogP contribution is 2.47. The van der Waals surface area contributed by atoms with Crippen molar-refractivity contribution in [3.63, 3.8) is 0 Å². The molecular formula is C29H53N5O4Si2. The third-order valence-corrected chi connectivity index (χ3v) is 19.5. The van der Waals surface area contributed by atoms with Gasteiger partial charge in [0.15, 0.2) is 22.6 Å². The first-order chi connectivity index (χ1) is 18.8. The Morgan fingerprint density at radius 3 is 2.30 bits per heavy atom. The molecule has 0 aromatic carbocycles. The Morgan fingerprint density at radius 1 is 1.05 bits per heavy atom. The summed E-state index contributed by atoms with van der Waals surface area (Å²) >= 11 is 0. The molecule has 6 atom stereocenters. The molecule has 3 aliphatic heterocycles. The molecule has 0 amide bonds. The summed E-state index contributed by atoms with van der Waals surface area (Å²) in [5, 5.41) is 3.66. The highest BCUT2D eigenvalue weighted by Gasteiger charge is 2.54. The molecule has 2 fully saturated rings. The summed E-state index contributed by atoms with van der Waals surface area (Å²) in [6.45, 7) is 22.4. The molecule has 4 heterocycles. The Labute approximate surface area is 244 Å². The molecule has 11 heteroatoms. The lowest BCUT2D eigenvalue weighted by Crippen LogP contribution is -2.62. The average molecular weight is 592 g/mol. The topological polar surface area (TPSA) is 90.3 Å². The second kappa shape index (κ2) is 11.9. The SMILES string of the molecule is CC[Si](CC)(CC)O[C@H]1C[C@@H]2[C@H]([C@H](O[Si](C)(C)C(C)(C)C)c3cc(OC)nc(OC)n3)CN=C3NC[C@H]([C@H]1C)N32. The molecule has 40 heavy (non-hydrogen) atoms. The van der Waals surface area contributed by atoms with E-state index >= 15 is 0 Å². The second-order valence-electron chi connectivity index (χ2n) is 13.4. The summed E-state index contributed by atoms with van der Waals surface area (Å²) in [4.78, 5) is 16.9. The molecule has 0 unspecified atom stereocenters. The lowest BCUT2D eigenvalue weighted by atomic mass is 9.77. The second-order valence-corrected chi connectivity index (χ2v) is 22.8. The minimum Gasteiger partial charge on any atom is -0.481 e. The van der Waals surface area contributed by atoms with E-state index in [1.807, 2.05) is 6.07 Å². The van der Waals surface area contributed by atoms with Crippen LogP contribution in [-0.2, 0) is 8.85 Å². The van der Waals surface area contributed by atoms with Gasteiger partial charge in [-0.15, -0.1) is 0 Å². The van der Waals surface area contributed by atoms with Crippen molar-refractivity contribution < 1.29 is 18.3 Å². The van der Waals surface area contributed by atoms with E-state index in [1.165, 1.54) is 0 Å². The van der Waals surface area contributed by atoms with Crippen LogP contribution in [-0.4, -0.2) is 83.0 Å². The molecule has 1 N–H and O–H groups in total. The van der Waals surface area contributed by atoms with Crippen LogP contribution in [0.1, 0.15) is 66.7 Å². The van der Waals surface area contributed by atoms with E-state index in [2.05, 4.69) is 76.8 Å². The summed E-state index contributed by atoms with van der Waals surface area (Å²) in [7, 11) is -0.759. The van der Waals surface area contributed by atoms with Crippen molar-refractivity contribution in [2.75, 3.05) is 27.3 Å². The quantitative estimate of drug-likeness (QED) is 0.332. The number of ether oxygens (including phenoxy) is 2. The van der Waals surface area contributed by atoms with Crippen LogP contribution in [0.5, 0.6) is 11.9 Å². The molecule has 2 saturated heterocycles.